The third-order valence-corrected chi connectivity index (χ3v) is 6.64. The first-order valence-electron chi connectivity index (χ1n) is 8.83. The van der Waals surface area contributed by atoms with Crippen LogP contribution in [0.25, 0.3) is 0 Å². The topological polar surface area (TPSA) is 65.5 Å². The van der Waals surface area contributed by atoms with Crippen LogP contribution in [0.2, 0.25) is 0 Å². The van der Waals surface area contributed by atoms with Crippen LogP contribution < -0.4 is 10.6 Å². The molecule has 24 heavy (non-hydrogen) atoms. The van der Waals surface area contributed by atoms with Crippen LogP contribution in [0.15, 0.2) is 17.6 Å². The lowest BCUT2D eigenvalue weighted by atomic mass is 9.78. The minimum Gasteiger partial charge on any atom is -0.311 e. The largest absolute Gasteiger partial charge is 0.311 e. The normalized spacial score (nSPS) is 25.8. The van der Waals surface area contributed by atoms with Crippen LogP contribution in [-0.2, 0) is 0 Å². The summed E-state index contributed by atoms with van der Waals surface area (Å²) in [7, 11) is 0. The highest BCUT2D eigenvalue weighted by Gasteiger charge is 2.33. The predicted molar refractivity (Wildman–Crippen MR) is 105 cm³/mol. The van der Waals surface area contributed by atoms with Crippen LogP contribution in [0, 0.1) is 31.1 Å². The van der Waals surface area contributed by atoms with Gasteiger partial charge in [-0.3, -0.25) is 10.4 Å². The maximum atomic E-state index is 8.42. The fourth-order valence-corrected chi connectivity index (χ4v) is 5.19. The highest BCUT2D eigenvalue weighted by molar-refractivity contribution is 7.17. The van der Waals surface area contributed by atoms with Crippen molar-refractivity contribution in [1.82, 2.24) is 0 Å². The number of fused-ring (bicyclic) bond motifs is 1. The van der Waals surface area contributed by atoms with Crippen LogP contribution in [-0.4, -0.2) is 24.3 Å². The van der Waals surface area contributed by atoms with E-state index in [1.54, 1.807) is 11.3 Å². The summed E-state index contributed by atoms with van der Waals surface area (Å²) in [6.45, 7) is 10.7. The van der Waals surface area contributed by atoms with Gasteiger partial charge in [-0.05, 0) is 57.9 Å². The van der Waals surface area contributed by atoms with Crippen LogP contribution >= 0.6 is 11.3 Å². The Hall–Kier alpha value is -1.46. The molecule has 1 unspecified atom stereocenters. The molecule has 1 fully saturated rings. The predicted octanol–water partition coefficient (Wildman–Crippen LogP) is 4.25. The van der Waals surface area contributed by atoms with Gasteiger partial charge >= 0.3 is 0 Å². The summed E-state index contributed by atoms with van der Waals surface area (Å²) in [5.41, 5.74) is 9.96. The van der Waals surface area contributed by atoms with Crippen molar-refractivity contribution in [2.45, 2.75) is 52.6 Å². The van der Waals surface area contributed by atoms with Crippen molar-refractivity contribution in [3.63, 3.8) is 0 Å². The first kappa shape index (κ1) is 17.4. The Morgan fingerprint density at radius 3 is 2.58 bits per heavy atom. The number of nitrogens with one attached hydrogen (secondary N) is 1. The molecule has 1 aromatic rings. The molecule has 0 bridgehead atoms. The van der Waals surface area contributed by atoms with E-state index in [2.05, 4.69) is 26.5 Å². The quantitative estimate of drug-likeness (QED) is 0.805. The third kappa shape index (κ3) is 2.95. The molecule has 1 aliphatic carbocycles. The molecular weight excluding hydrogens is 316 g/mol. The molecule has 3 N–H and O–H groups in total. The molecule has 1 aliphatic heterocycles. The fourth-order valence-electron chi connectivity index (χ4n) is 3.91. The zero-order chi connectivity index (χ0) is 17.4. The molecule has 2 aliphatic rings. The van der Waals surface area contributed by atoms with Gasteiger partial charge in [-0.15, -0.1) is 17.9 Å². The Kier molecular flexibility index (Phi) is 4.92. The lowest BCUT2D eigenvalue weighted by Gasteiger charge is -2.29. The highest BCUT2D eigenvalue weighted by Crippen LogP contribution is 2.42. The molecule has 0 amide bonds. The fraction of sp³-hybridized carbons (Fsp3) is 0.579. The number of anilines is 1. The number of amidine groups is 1. The average Bonchev–Trinajstić information content (AvgIpc) is 2.75. The van der Waals surface area contributed by atoms with Crippen molar-refractivity contribution in [2.24, 2.45) is 22.6 Å². The summed E-state index contributed by atoms with van der Waals surface area (Å²) < 4.78 is 0. The number of nitrogens with two attached hydrogens (primary N) is 1. The smallest absolute Gasteiger partial charge is 0.124 e. The number of aryl methyl sites for hydroxylation is 1. The van der Waals surface area contributed by atoms with Crippen LogP contribution in [0.1, 0.15) is 48.6 Å². The molecule has 1 saturated carbocycles. The zero-order valence-corrected chi connectivity index (χ0v) is 15.7. The Bertz CT molecular complexity index is 678. The molecule has 0 radical (unpaired) electrons. The second-order valence-corrected chi connectivity index (χ2v) is 8.27. The minimum absolute atomic E-state index is 0.209. The summed E-state index contributed by atoms with van der Waals surface area (Å²) in [5.74, 6) is 1.65. The van der Waals surface area contributed by atoms with E-state index in [1.807, 2.05) is 11.8 Å². The number of aliphatic imine (C=N–C) groups is 1. The highest BCUT2D eigenvalue weighted by atomic mass is 32.1. The number of rotatable bonds is 3. The van der Waals surface area contributed by atoms with E-state index in [0.29, 0.717) is 24.2 Å². The summed E-state index contributed by atoms with van der Waals surface area (Å²) in [5, 5.41) is 9.54. The van der Waals surface area contributed by atoms with Gasteiger partial charge in [-0.1, -0.05) is 6.08 Å². The maximum absolute atomic E-state index is 8.42. The average molecular weight is 345 g/mol. The van der Waals surface area contributed by atoms with Gasteiger partial charge < -0.3 is 10.6 Å². The molecule has 5 heteroatoms. The molecule has 2 heterocycles. The number of hydrogen-bond acceptors (Lipinski definition) is 4. The third-order valence-electron chi connectivity index (χ3n) is 5.43. The van der Waals surface area contributed by atoms with E-state index in [1.165, 1.54) is 34.6 Å². The van der Waals surface area contributed by atoms with Gasteiger partial charge in [0.05, 0.1) is 12.7 Å². The Morgan fingerprint density at radius 1 is 1.33 bits per heavy atom. The Morgan fingerprint density at radius 2 is 2.00 bits per heavy atom. The van der Waals surface area contributed by atoms with Crippen LogP contribution in [0.4, 0.5) is 5.00 Å². The molecule has 3 rings (SSSR count). The van der Waals surface area contributed by atoms with E-state index < -0.39 is 0 Å². The summed E-state index contributed by atoms with van der Waals surface area (Å²) in [6, 6.07) is 0. The number of thiophene rings is 1. The summed E-state index contributed by atoms with van der Waals surface area (Å²) in [4.78, 5) is 8.17. The van der Waals surface area contributed by atoms with Crippen molar-refractivity contribution in [1.29, 1.82) is 5.41 Å². The van der Waals surface area contributed by atoms with E-state index in [9.17, 15) is 0 Å². The van der Waals surface area contributed by atoms with Crippen LogP contribution in [0.5, 0.6) is 0 Å². The standard InChI is InChI=1S/C19H28N4S/c1-5-14-6-8-15(9-7-14)18-17-11(2)12(3)24-19(17)23(13(4)20)16(21)10-22-18/h5,13-15,21H,1,6-10,20H2,2-4H3. The second-order valence-electron chi connectivity index (χ2n) is 7.07. The van der Waals surface area contributed by atoms with Crippen molar-refractivity contribution >= 4 is 27.9 Å². The van der Waals surface area contributed by atoms with E-state index in [-0.39, 0.29) is 6.17 Å². The van der Waals surface area contributed by atoms with Crippen molar-refractivity contribution in [2.75, 3.05) is 11.4 Å². The number of nitrogens with zero attached hydrogens (tertiary/aromatic N) is 2. The van der Waals surface area contributed by atoms with E-state index in [4.69, 9.17) is 16.1 Å². The first-order valence-corrected chi connectivity index (χ1v) is 9.65. The van der Waals surface area contributed by atoms with E-state index in [0.717, 1.165) is 17.8 Å². The molecule has 4 nitrogen and oxygen atoms in total. The van der Waals surface area contributed by atoms with Gasteiger partial charge in [0.1, 0.15) is 10.8 Å². The van der Waals surface area contributed by atoms with Crippen LogP contribution in [0.3, 0.4) is 0 Å². The zero-order valence-electron chi connectivity index (χ0n) is 14.9. The van der Waals surface area contributed by atoms with Gasteiger partial charge in [0.2, 0.25) is 0 Å². The molecule has 130 valence electrons. The van der Waals surface area contributed by atoms with Crippen molar-refractivity contribution in [3.8, 4) is 0 Å². The first-order chi connectivity index (χ1) is 11.4. The molecule has 1 aromatic heterocycles. The lowest BCUT2D eigenvalue weighted by Crippen LogP contribution is -2.44. The molecule has 0 spiro atoms. The number of allylic oxidation sites excluding steroid dienone is 1. The van der Waals surface area contributed by atoms with E-state index >= 15 is 0 Å². The molecular formula is C19H28N4S. The van der Waals surface area contributed by atoms with Gasteiger partial charge in [-0.2, -0.15) is 0 Å². The maximum Gasteiger partial charge on any atom is 0.124 e. The lowest BCUT2D eigenvalue weighted by molar-refractivity contribution is 0.372. The van der Waals surface area contributed by atoms with Gasteiger partial charge in [0, 0.05) is 22.1 Å². The van der Waals surface area contributed by atoms with Gasteiger partial charge in [0.25, 0.3) is 0 Å². The summed E-state index contributed by atoms with van der Waals surface area (Å²) in [6.07, 6.45) is 6.60. The van der Waals surface area contributed by atoms with Gasteiger partial charge in [0.15, 0.2) is 0 Å². The van der Waals surface area contributed by atoms with Gasteiger partial charge in [-0.25, -0.2) is 0 Å². The molecule has 1 atom stereocenters. The van der Waals surface area contributed by atoms with Crippen molar-refractivity contribution < 1.29 is 0 Å². The Balaban J connectivity index is 2.03. The SMILES string of the molecule is C=CC1CCC(C2=NCC(=N)N(C(C)N)c3sc(C)c(C)c32)CC1. The number of hydrogen-bond donors (Lipinski definition) is 2. The minimum atomic E-state index is -0.209. The molecule has 0 aromatic carbocycles. The van der Waals surface area contributed by atoms with Crippen molar-refractivity contribution in [3.05, 3.63) is 28.7 Å². The second kappa shape index (κ2) is 6.81. The Labute approximate surface area is 149 Å². The molecule has 0 saturated heterocycles. The summed E-state index contributed by atoms with van der Waals surface area (Å²) >= 11 is 1.75. The monoisotopic (exact) mass is 344 g/mol.